The van der Waals surface area contributed by atoms with Crippen LogP contribution in [0.15, 0.2) is 0 Å². The molecule has 3 atom stereocenters. The highest BCUT2D eigenvalue weighted by molar-refractivity contribution is 5.79. The Bertz CT molecular complexity index is 323. The zero-order chi connectivity index (χ0) is 14.7. The zero-order valence-corrected chi connectivity index (χ0v) is 13.5. The van der Waals surface area contributed by atoms with E-state index in [1.165, 1.54) is 32.1 Å². The quantitative estimate of drug-likeness (QED) is 0.863. The molecule has 2 N–H and O–H groups in total. The first-order chi connectivity index (χ1) is 9.52. The third kappa shape index (κ3) is 3.55. The van der Waals surface area contributed by atoms with Crippen LogP contribution in [-0.2, 0) is 4.79 Å². The average molecular weight is 280 g/mol. The van der Waals surface area contributed by atoms with E-state index in [0.29, 0.717) is 17.9 Å². The molecule has 3 nitrogen and oxygen atoms in total. The van der Waals surface area contributed by atoms with E-state index in [-0.39, 0.29) is 12.0 Å². The van der Waals surface area contributed by atoms with Gasteiger partial charge in [0.15, 0.2) is 0 Å². The molecule has 2 saturated carbocycles. The van der Waals surface area contributed by atoms with Crippen LogP contribution in [0.25, 0.3) is 0 Å². The second-order valence-corrected chi connectivity index (χ2v) is 7.18. The molecule has 3 unspecified atom stereocenters. The highest BCUT2D eigenvalue weighted by atomic mass is 16.2. The lowest BCUT2D eigenvalue weighted by Crippen LogP contribution is -2.46. The van der Waals surface area contributed by atoms with E-state index in [2.05, 4.69) is 18.7 Å². The summed E-state index contributed by atoms with van der Waals surface area (Å²) in [6.45, 7) is 4.49. The molecule has 0 saturated heterocycles. The first kappa shape index (κ1) is 15.8. The lowest BCUT2D eigenvalue weighted by molar-refractivity contribution is -0.138. The van der Waals surface area contributed by atoms with Crippen molar-refractivity contribution in [3.05, 3.63) is 0 Å². The fourth-order valence-corrected chi connectivity index (χ4v) is 3.99. The van der Waals surface area contributed by atoms with Gasteiger partial charge in [-0.15, -0.1) is 0 Å². The number of hydrogen-bond donors (Lipinski definition) is 1. The Hall–Kier alpha value is -0.570. The van der Waals surface area contributed by atoms with Crippen molar-refractivity contribution in [2.24, 2.45) is 23.5 Å². The van der Waals surface area contributed by atoms with Crippen LogP contribution in [0.2, 0.25) is 0 Å². The minimum absolute atomic E-state index is 0.176. The molecule has 0 radical (unpaired) electrons. The van der Waals surface area contributed by atoms with E-state index in [9.17, 15) is 4.79 Å². The van der Waals surface area contributed by atoms with E-state index in [1.807, 2.05) is 7.05 Å². The first-order valence-electron chi connectivity index (χ1n) is 8.55. The molecule has 2 aliphatic carbocycles. The summed E-state index contributed by atoms with van der Waals surface area (Å²) in [5, 5.41) is 0. The van der Waals surface area contributed by atoms with Gasteiger partial charge in [-0.25, -0.2) is 0 Å². The van der Waals surface area contributed by atoms with Gasteiger partial charge in [0.05, 0.1) is 0 Å². The third-order valence-electron chi connectivity index (χ3n) is 5.90. The van der Waals surface area contributed by atoms with Crippen LogP contribution in [0.1, 0.15) is 65.2 Å². The number of rotatable bonds is 3. The largest absolute Gasteiger partial charge is 0.343 e. The average Bonchev–Trinajstić information content (AvgIpc) is 2.48. The molecular formula is C17H32N2O. The van der Waals surface area contributed by atoms with Crippen molar-refractivity contribution in [3.8, 4) is 0 Å². The van der Waals surface area contributed by atoms with Gasteiger partial charge in [-0.05, 0) is 56.8 Å². The monoisotopic (exact) mass is 280 g/mol. The number of hydrogen-bond acceptors (Lipinski definition) is 2. The van der Waals surface area contributed by atoms with Crippen molar-refractivity contribution in [2.75, 3.05) is 7.05 Å². The van der Waals surface area contributed by atoms with E-state index in [0.717, 1.165) is 25.2 Å². The highest BCUT2D eigenvalue weighted by Gasteiger charge is 2.34. The maximum atomic E-state index is 12.7. The molecule has 0 aromatic carbocycles. The summed E-state index contributed by atoms with van der Waals surface area (Å²) in [5.41, 5.74) is 6.15. The molecule has 0 aliphatic heterocycles. The molecule has 2 fully saturated rings. The Labute approximate surface area is 124 Å². The number of amides is 1. The summed E-state index contributed by atoms with van der Waals surface area (Å²) < 4.78 is 0. The smallest absolute Gasteiger partial charge is 0.225 e. The van der Waals surface area contributed by atoms with E-state index >= 15 is 0 Å². The lowest BCUT2D eigenvalue weighted by Gasteiger charge is -2.38. The fraction of sp³-hybridized carbons (Fsp3) is 0.941. The molecule has 2 aliphatic rings. The minimum atomic E-state index is 0.176. The van der Waals surface area contributed by atoms with Crippen LogP contribution in [0, 0.1) is 17.8 Å². The van der Waals surface area contributed by atoms with Gasteiger partial charge in [0.25, 0.3) is 0 Å². The zero-order valence-electron chi connectivity index (χ0n) is 13.5. The molecule has 0 aromatic rings. The standard InChI is InChI=1S/C17H32N2O/c1-4-13-6-9-15(10-7-13)19(3)17(20)14-8-5-12(2)16(18)11-14/h12-16H,4-11,18H2,1-3H3. The number of carbonyl (C=O) groups excluding carboxylic acids is 1. The summed E-state index contributed by atoms with van der Waals surface area (Å²) in [6.07, 6.45) is 9.27. The Morgan fingerprint density at radius 3 is 2.35 bits per heavy atom. The Kier molecular flexibility index (Phi) is 5.48. The van der Waals surface area contributed by atoms with Crippen LogP contribution in [-0.4, -0.2) is 29.9 Å². The van der Waals surface area contributed by atoms with Crippen molar-refractivity contribution in [1.82, 2.24) is 4.90 Å². The SMILES string of the molecule is CCC1CCC(N(C)C(=O)C2CCC(C)C(N)C2)CC1. The van der Waals surface area contributed by atoms with Gasteiger partial charge in [0.2, 0.25) is 5.91 Å². The number of carbonyl (C=O) groups is 1. The van der Waals surface area contributed by atoms with Gasteiger partial charge in [-0.3, -0.25) is 4.79 Å². The van der Waals surface area contributed by atoms with E-state index < -0.39 is 0 Å². The van der Waals surface area contributed by atoms with Gasteiger partial charge in [-0.1, -0.05) is 20.3 Å². The van der Waals surface area contributed by atoms with Gasteiger partial charge in [0, 0.05) is 25.0 Å². The molecule has 0 aromatic heterocycles. The second kappa shape index (κ2) is 6.93. The maximum Gasteiger partial charge on any atom is 0.225 e. The maximum absolute atomic E-state index is 12.7. The van der Waals surface area contributed by atoms with E-state index in [4.69, 9.17) is 5.73 Å². The predicted octanol–water partition coefficient (Wildman–Crippen LogP) is 3.18. The van der Waals surface area contributed by atoms with Gasteiger partial charge >= 0.3 is 0 Å². The molecule has 1 amide bonds. The van der Waals surface area contributed by atoms with Crippen LogP contribution in [0.3, 0.4) is 0 Å². The highest BCUT2D eigenvalue weighted by Crippen LogP contribution is 2.32. The number of nitrogens with zero attached hydrogens (tertiary/aromatic N) is 1. The van der Waals surface area contributed by atoms with E-state index in [1.54, 1.807) is 0 Å². The first-order valence-corrected chi connectivity index (χ1v) is 8.55. The van der Waals surface area contributed by atoms with Crippen LogP contribution >= 0.6 is 0 Å². The molecule has 2 rings (SSSR count). The molecule has 0 bridgehead atoms. The summed E-state index contributed by atoms with van der Waals surface area (Å²) >= 11 is 0. The van der Waals surface area contributed by atoms with Crippen molar-refractivity contribution in [2.45, 2.75) is 77.3 Å². The van der Waals surface area contributed by atoms with Crippen molar-refractivity contribution >= 4 is 5.91 Å². The summed E-state index contributed by atoms with van der Waals surface area (Å²) in [7, 11) is 2.02. The van der Waals surface area contributed by atoms with Gasteiger partial charge in [-0.2, -0.15) is 0 Å². The molecule has 0 spiro atoms. The third-order valence-corrected chi connectivity index (χ3v) is 5.90. The molecular weight excluding hydrogens is 248 g/mol. The Morgan fingerprint density at radius 2 is 1.80 bits per heavy atom. The normalized spacial score (nSPS) is 38.5. The fourth-order valence-electron chi connectivity index (χ4n) is 3.99. The predicted molar refractivity (Wildman–Crippen MR) is 83.3 cm³/mol. The molecule has 3 heteroatoms. The molecule has 116 valence electrons. The summed E-state index contributed by atoms with van der Waals surface area (Å²) in [5.74, 6) is 1.99. The Morgan fingerprint density at radius 1 is 1.15 bits per heavy atom. The number of nitrogens with two attached hydrogens (primary N) is 1. The molecule has 0 heterocycles. The van der Waals surface area contributed by atoms with Crippen LogP contribution < -0.4 is 5.73 Å². The van der Waals surface area contributed by atoms with Crippen molar-refractivity contribution in [3.63, 3.8) is 0 Å². The van der Waals surface area contributed by atoms with Crippen molar-refractivity contribution in [1.29, 1.82) is 0 Å². The summed E-state index contributed by atoms with van der Waals surface area (Å²) in [6, 6.07) is 0.683. The van der Waals surface area contributed by atoms with Gasteiger partial charge in [0.1, 0.15) is 0 Å². The van der Waals surface area contributed by atoms with Gasteiger partial charge < -0.3 is 10.6 Å². The molecule has 20 heavy (non-hydrogen) atoms. The Balaban J connectivity index is 1.86. The lowest BCUT2D eigenvalue weighted by atomic mass is 9.78. The van der Waals surface area contributed by atoms with Crippen molar-refractivity contribution < 1.29 is 4.79 Å². The van der Waals surface area contributed by atoms with Crippen LogP contribution in [0.5, 0.6) is 0 Å². The summed E-state index contributed by atoms with van der Waals surface area (Å²) in [4.78, 5) is 14.7. The minimum Gasteiger partial charge on any atom is -0.343 e. The van der Waals surface area contributed by atoms with Crippen LogP contribution in [0.4, 0.5) is 0 Å². The second-order valence-electron chi connectivity index (χ2n) is 7.18. The topological polar surface area (TPSA) is 46.3 Å².